The van der Waals surface area contributed by atoms with E-state index in [2.05, 4.69) is 4.98 Å². The maximum Gasteiger partial charge on any atom is 0.496 e. The summed E-state index contributed by atoms with van der Waals surface area (Å²) in [6, 6.07) is 1.77. The first kappa shape index (κ1) is 13.7. The van der Waals surface area contributed by atoms with Crippen LogP contribution >= 0.6 is 11.6 Å². The third-order valence-electron chi connectivity index (χ3n) is 3.74. The van der Waals surface area contributed by atoms with Gasteiger partial charge in [0.05, 0.1) is 16.2 Å². The Morgan fingerprint density at radius 1 is 1.22 bits per heavy atom. The van der Waals surface area contributed by atoms with Gasteiger partial charge in [0.25, 0.3) is 0 Å². The molecule has 1 aromatic heterocycles. The van der Waals surface area contributed by atoms with E-state index in [4.69, 9.17) is 26.6 Å². The largest absolute Gasteiger partial charge is 0.496 e. The Balaban J connectivity index is 2.38. The second kappa shape index (κ2) is 4.12. The predicted octanol–water partition coefficient (Wildman–Crippen LogP) is 1.92. The molecule has 0 bridgehead atoms. The van der Waals surface area contributed by atoms with Crippen molar-refractivity contribution in [1.29, 1.82) is 0 Å². The Morgan fingerprint density at radius 2 is 1.72 bits per heavy atom. The summed E-state index contributed by atoms with van der Waals surface area (Å²) in [7, 11) is -0.458. The van der Waals surface area contributed by atoms with E-state index in [9.17, 15) is 0 Å². The fourth-order valence-electron chi connectivity index (χ4n) is 1.82. The summed E-state index contributed by atoms with van der Waals surface area (Å²) in [5, 5.41) is 0.422. The fourth-order valence-corrected chi connectivity index (χ4v) is 1.98. The van der Waals surface area contributed by atoms with Crippen molar-refractivity contribution in [3.8, 4) is 0 Å². The molecule has 0 radical (unpaired) electrons. The molecule has 0 aliphatic carbocycles. The molecule has 98 valence electrons. The lowest BCUT2D eigenvalue weighted by atomic mass is 9.78. The van der Waals surface area contributed by atoms with Gasteiger partial charge in [-0.05, 0) is 40.7 Å². The average molecular weight is 269 g/mol. The van der Waals surface area contributed by atoms with Crippen LogP contribution in [0.2, 0.25) is 5.02 Å². The molecule has 1 fully saturated rings. The zero-order chi connectivity index (χ0) is 13.7. The van der Waals surface area contributed by atoms with Crippen LogP contribution in [-0.2, 0) is 9.31 Å². The van der Waals surface area contributed by atoms with Gasteiger partial charge in [0, 0.05) is 11.2 Å². The highest BCUT2D eigenvalue weighted by Gasteiger charge is 2.52. The van der Waals surface area contributed by atoms with Crippen LogP contribution in [-0.4, -0.2) is 23.3 Å². The molecule has 0 saturated carbocycles. The van der Waals surface area contributed by atoms with Crippen molar-refractivity contribution in [2.24, 2.45) is 0 Å². The van der Waals surface area contributed by atoms with Crippen molar-refractivity contribution < 1.29 is 9.31 Å². The SMILES string of the molecule is Cc1nc(N)c(Cl)cc1B1OC(C)(C)C(C)(C)O1. The van der Waals surface area contributed by atoms with Gasteiger partial charge in [-0.25, -0.2) is 4.98 Å². The second-order valence-corrected chi connectivity index (χ2v) is 6.03. The van der Waals surface area contributed by atoms with E-state index in [0.29, 0.717) is 10.8 Å². The van der Waals surface area contributed by atoms with E-state index in [1.165, 1.54) is 0 Å². The van der Waals surface area contributed by atoms with Crippen LogP contribution in [0, 0.1) is 6.92 Å². The number of pyridine rings is 1. The molecule has 6 heteroatoms. The van der Waals surface area contributed by atoms with Gasteiger partial charge in [0.1, 0.15) is 5.82 Å². The zero-order valence-corrected chi connectivity index (χ0v) is 12.1. The summed E-state index contributed by atoms with van der Waals surface area (Å²) in [5.74, 6) is 0.328. The van der Waals surface area contributed by atoms with Crippen LogP contribution in [0.25, 0.3) is 0 Å². The number of nitrogen functional groups attached to an aromatic ring is 1. The van der Waals surface area contributed by atoms with Crippen molar-refractivity contribution in [2.75, 3.05) is 5.73 Å². The lowest BCUT2D eigenvalue weighted by Gasteiger charge is -2.32. The fraction of sp³-hybridized carbons (Fsp3) is 0.583. The highest BCUT2D eigenvalue weighted by atomic mass is 35.5. The van der Waals surface area contributed by atoms with Gasteiger partial charge >= 0.3 is 7.12 Å². The minimum Gasteiger partial charge on any atom is -0.399 e. The number of rotatable bonds is 1. The first-order valence-corrected chi connectivity index (χ1v) is 6.30. The molecule has 0 atom stereocenters. The molecule has 2 N–H and O–H groups in total. The van der Waals surface area contributed by atoms with E-state index >= 15 is 0 Å². The molecule has 0 unspecified atom stereocenters. The van der Waals surface area contributed by atoms with Crippen molar-refractivity contribution in [3.63, 3.8) is 0 Å². The topological polar surface area (TPSA) is 57.4 Å². The predicted molar refractivity (Wildman–Crippen MR) is 74.1 cm³/mol. The number of hydrogen-bond acceptors (Lipinski definition) is 4. The first-order chi connectivity index (χ1) is 8.14. The summed E-state index contributed by atoms with van der Waals surface area (Å²) in [5.41, 5.74) is 6.52. The second-order valence-electron chi connectivity index (χ2n) is 5.62. The summed E-state index contributed by atoms with van der Waals surface area (Å²) >= 11 is 6.01. The molecular formula is C12H18BClN2O2. The molecule has 1 aliphatic heterocycles. The number of nitrogens with two attached hydrogens (primary N) is 1. The number of aromatic nitrogens is 1. The molecular weight excluding hydrogens is 250 g/mol. The molecule has 2 heterocycles. The van der Waals surface area contributed by atoms with Crippen LogP contribution in [0.5, 0.6) is 0 Å². The summed E-state index contributed by atoms with van der Waals surface area (Å²) < 4.78 is 11.9. The number of aryl methyl sites for hydroxylation is 1. The number of nitrogens with zero attached hydrogens (tertiary/aromatic N) is 1. The Hall–Kier alpha value is -0.775. The van der Waals surface area contributed by atoms with Gasteiger partial charge in [-0.1, -0.05) is 11.6 Å². The number of anilines is 1. The van der Waals surface area contributed by atoms with E-state index < -0.39 is 7.12 Å². The summed E-state index contributed by atoms with van der Waals surface area (Å²) in [4.78, 5) is 4.20. The molecule has 1 saturated heterocycles. The third kappa shape index (κ3) is 2.11. The lowest BCUT2D eigenvalue weighted by molar-refractivity contribution is 0.00578. The van der Waals surface area contributed by atoms with E-state index in [0.717, 1.165) is 11.2 Å². The number of halogens is 1. The summed E-state index contributed by atoms with van der Waals surface area (Å²) in [6.07, 6.45) is 0. The van der Waals surface area contributed by atoms with Gasteiger partial charge in [-0.2, -0.15) is 0 Å². The normalized spacial score (nSPS) is 21.3. The Morgan fingerprint density at radius 3 is 2.22 bits per heavy atom. The average Bonchev–Trinajstić information content (AvgIpc) is 2.42. The molecule has 1 aromatic rings. The van der Waals surface area contributed by atoms with Crippen LogP contribution in [0.15, 0.2) is 6.07 Å². The van der Waals surface area contributed by atoms with Gasteiger partial charge in [-0.3, -0.25) is 0 Å². The van der Waals surface area contributed by atoms with Crippen LogP contribution in [0.3, 0.4) is 0 Å². The van der Waals surface area contributed by atoms with Gasteiger partial charge in [0.2, 0.25) is 0 Å². The van der Waals surface area contributed by atoms with Gasteiger partial charge in [-0.15, -0.1) is 0 Å². The standard InChI is InChI=1S/C12H18BClN2O2/c1-7-8(6-9(14)10(15)16-7)13-17-11(2,3)12(4,5)18-13/h6H,1-5H3,(H2,15,16). The minimum absolute atomic E-state index is 0.328. The van der Waals surface area contributed by atoms with Crippen molar-refractivity contribution in [1.82, 2.24) is 4.98 Å². The zero-order valence-electron chi connectivity index (χ0n) is 11.4. The maximum atomic E-state index is 6.01. The highest BCUT2D eigenvalue weighted by molar-refractivity contribution is 6.63. The maximum absolute atomic E-state index is 6.01. The van der Waals surface area contributed by atoms with Crippen LogP contribution in [0.1, 0.15) is 33.4 Å². The molecule has 0 amide bonds. The Kier molecular flexibility index (Phi) is 3.12. The van der Waals surface area contributed by atoms with E-state index in [1.54, 1.807) is 6.07 Å². The number of hydrogen-bond donors (Lipinski definition) is 1. The van der Waals surface area contributed by atoms with Gasteiger partial charge < -0.3 is 15.0 Å². The molecule has 2 rings (SSSR count). The highest BCUT2D eigenvalue weighted by Crippen LogP contribution is 2.36. The molecule has 0 spiro atoms. The van der Waals surface area contributed by atoms with E-state index in [1.807, 2.05) is 34.6 Å². The molecule has 18 heavy (non-hydrogen) atoms. The molecule has 1 aliphatic rings. The quantitative estimate of drug-likeness (QED) is 0.791. The summed E-state index contributed by atoms with van der Waals surface area (Å²) in [6.45, 7) is 9.90. The van der Waals surface area contributed by atoms with Crippen molar-refractivity contribution in [3.05, 3.63) is 16.8 Å². The molecule has 4 nitrogen and oxygen atoms in total. The van der Waals surface area contributed by atoms with E-state index in [-0.39, 0.29) is 11.2 Å². The smallest absolute Gasteiger partial charge is 0.399 e. The van der Waals surface area contributed by atoms with Gasteiger partial charge in [0.15, 0.2) is 0 Å². The van der Waals surface area contributed by atoms with Crippen LogP contribution < -0.4 is 11.2 Å². The van der Waals surface area contributed by atoms with Crippen LogP contribution in [0.4, 0.5) is 5.82 Å². The lowest BCUT2D eigenvalue weighted by Crippen LogP contribution is -2.41. The van der Waals surface area contributed by atoms with Crippen molar-refractivity contribution >= 4 is 30.0 Å². The molecule has 0 aromatic carbocycles. The monoisotopic (exact) mass is 268 g/mol. The minimum atomic E-state index is -0.458. The first-order valence-electron chi connectivity index (χ1n) is 5.92. The Bertz CT molecular complexity index is 475. The Labute approximate surface area is 113 Å². The van der Waals surface area contributed by atoms with Crippen molar-refractivity contribution in [2.45, 2.75) is 45.8 Å². The third-order valence-corrected chi connectivity index (χ3v) is 4.04.